The fourth-order valence-corrected chi connectivity index (χ4v) is 2.03. The third-order valence-electron chi connectivity index (χ3n) is 3.12. The van der Waals surface area contributed by atoms with Crippen LogP contribution in [0.3, 0.4) is 0 Å². The normalized spacial score (nSPS) is 18.8. The number of nitrogens with zero attached hydrogens (tertiary/aromatic N) is 2. The van der Waals surface area contributed by atoms with Crippen molar-refractivity contribution in [2.45, 2.75) is 18.9 Å². The Kier molecular flexibility index (Phi) is 3.50. The van der Waals surface area contributed by atoms with Crippen molar-refractivity contribution in [3.8, 4) is 0 Å². The van der Waals surface area contributed by atoms with E-state index in [1.807, 2.05) is 0 Å². The largest absolute Gasteiger partial charge is 0.358 e. The molecule has 2 amide bonds. The maximum atomic E-state index is 12.0. The number of aromatic nitrogens is 1. The van der Waals surface area contributed by atoms with Crippen LogP contribution in [0.1, 0.15) is 23.3 Å². The molecule has 8 nitrogen and oxygen atoms in total. The van der Waals surface area contributed by atoms with Crippen LogP contribution in [0, 0.1) is 10.1 Å². The molecule has 1 aliphatic rings. The van der Waals surface area contributed by atoms with Crippen LogP contribution in [0.5, 0.6) is 0 Å². The predicted molar refractivity (Wildman–Crippen MR) is 65.6 cm³/mol. The monoisotopic (exact) mass is 266 g/mol. The van der Waals surface area contributed by atoms with Gasteiger partial charge in [0.05, 0.1) is 7.05 Å². The van der Waals surface area contributed by atoms with Gasteiger partial charge in [-0.1, -0.05) is 0 Å². The number of amides is 2. The van der Waals surface area contributed by atoms with Crippen molar-refractivity contribution < 1.29 is 14.5 Å². The number of nitrogens with one attached hydrogen (secondary N) is 2. The number of carbonyl (C=O) groups excluding carboxylic acids is 2. The van der Waals surface area contributed by atoms with E-state index in [2.05, 4.69) is 10.6 Å². The molecule has 0 bridgehead atoms. The Hall–Kier alpha value is -2.38. The van der Waals surface area contributed by atoms with Crippen LogP contribution in [0.2, 0.25) is 0 Å². The molecule has 2 rings (SSSR count). The van der Waals surface area contributed by atoms with E-state index in [9.17, 15) is 19.7 Å². The first-order valence-electron chi connectivity index (χ1n) is 5.86. The van der Waals surface area contributed by atoms with Crippen LogP contribution < -0.4 is 10.6 Å². The Morgan fingerprint density at radius 3 is 2.84 bits per heavy atom. The summed E-state index contributed by atoms with van der Waals surface area (Å²) >= 11 is 0. The molecule has 0 aliphatic carbocycles. The molecule has 19 heavy (non-hydrogen) atoms. The first-order chi connectivity index (χ1) is 8.99. The Bertz CT molecular complexity index is 527. The molecular weight excluding hydrogens is 252 g/mol. The van der Waals surface area contributed by atoms with Crippen LogP contribution in [0.25, 0.3) is 0 Å². The second-order valence-electron chi connectivity index (χ2n) is 4.41. The summed E-state index contributed by atoms with van der Waals surface area (Å²) in [6.07, 6.45) is 0.947. The number of hydrogen-bond acceptors (Lipinski definition) is 4. The highest BCUT2D eigenvalue weighted by Crippen LogP contribution is 2.15. The lowest BCUT2D eigenvalue weighted by atomic mass is 10.1. The topological polar surface area (TPSA) is 106 Å². The molecule has 8 heteroatoms. The highest BCUT2D eigenvalue weighted by Gasteiger charge is 2.24. The van der Waals surface area contributed by atoms with Crippen molar-refractivity contribution in [3.05, 3.63) is 27.9 Å². The van der Waals surface area contributed by atoms with E-state index in [0.717, 1.165) is 0 Å². The lowest BCUT2D eigenvalue weighted by Crippen LogP contribution is -2.48. The summed E-state index contributed by atoms with van der Waals surface area (Å²) in [4.78, 5) is 33.1. The second-order valence-corrected chi connectivity index (χ2v) is 4.41. The van der Waals surface area contributed by atoms with E-state index in [1.165, 1.54) is 23.7 Å². The molecule has 0 aromatic carbocycles. The molecule has 1 fully saturated rings. The van der Waals surface area contributed by atoms with Crippen molar-refractivity contribution >= 4 is 17.6 Å². The van der Waals surface area contributed by atoms with Crippen LogP contribution >= 0.6 is 0 Å². The smallest absolute Gasteiger partial charge is 0.323 e. The van der Waals surface area contributed by atoms with Gasteiger partial charge in [-0.15, -0.1) is 0 Å². The first-order valence-corrected chi connectivity index (χ1v) is 5.86. The fourth-order valence-electron chi connectivity index (χ4n) is 2.03. The summed E-state index contributed by atoms with van der Waals surface area (Å²) in [5.74, 6) is -0.543. The standard InChI is InChI=1S/C11H14N4O4/c1-14-8(3-5-10(14)15(18)19)11(17)13-7-2-4-9(16)12-6-7/h3,5,7H,2,4,6H2,1H3,(H,12,16)(H,13,17). The van der Waals surface area contributed by atoms with Crippen LogP contribution in [0.15, 0.2) is 12.1 Å². The van der Waals surface area contributed by atoms with Crippen LogP contribution in [0.4, 0.5) is 5.82 Å². The van der Waals surface area contributed by atoms with Crippen molar-refractivity contribution in [2.24, 2.45) is 7.05 Å². The molecule has 0 saturated carbocycles. The van der Waals surface area contributed by atoms with E-state index in [0.29, 0.717) is 19.4 Å². The van der Waals surface area contributed by atoms with Gasteiger partial charge in [-0.25, -0.2) is 4.57 Å². The summed E-state index contributed by atoms with van der Waals surface area (Å²) in [6.45, 7) is 0.386. The third kappa shape index (κ3) is 2.72. The van der Waals surface area contributed by atoms with Gasteiger partial charge in [-0.3, -0.25) is 9.59 Å². The maximum Gasteiger partial charge on any atom is 0.323 e. The number of carbonyl (C=O) groups is 2. The molecule has 0 spiro atoms. The number of hydrogen-bond donors (Lipinski definition) is 2. The first kappa shape index (κ1) is 13.1. The zero-order chi connectivity index (χ0) is 14.0. The van der Waals surface area contributed by atoms with Gasteiger partial charge >= 0.3 is 5.82 Å². The van der Waals surface area contributed by atoms with E-state index < -0.39 is 4.92 Å². The van der Waals surface area contributed by atoms with Gasteiger partial charge < -0.3 is 20.7 Å². The quantitative estimate of drug-likeness (QED) is 0.590. The minimum absolute atomic E-state index is 0.0278. The molecular formula is C11H14N4O4. The van der Waals surface area contributed by atoms with E-state index in [4.69, 9.17) is 0 Å². The van der Waals surface area contributed by atoms with E-state index in [1.54, 1.807) is 0 Å². The molecule has 2 heterocycles. The highest BCUT2D eigenvalue weighted by atomic mass is 16.6. The third-order valence-corrected chi connectivity index (χ3v) is 3.12. The van der Waals surface area contributed by atoms with Gasteiger partial charge in [-0.05, 0) is 17.4 Å². The highest BCUT2D eigenvalue weighted by molar-refractivity contribution is 5.93. The maximum absolute atomic E-state index is 12.0. The van der Waals surface area contributed by atoms with Crippen molar-refractivity contribution in [1.29, 1.82) is 0 Å². The SMILES string of the molecule is Cn1c(C(=O)NC2CCC(=O)NC2)ccc1[N+](=O)[O-]. The molecule has 1 unspecified atom stereocenters. The second kappa shape index (κ2) is 5.09. The van der Waals surface area contributed by atoms with Crippen molar-refractivity contribution in [3.63, 3.8) is 0 Å². The predicted octanol–water partition coefficient (Wildman–Crippen LogP) is -0.0583. The Balaban J connectivity index is 2.04. The lowest BCUT2D eigenvalue weighted by Gasteiger charge is -2.22. The van der Waals surface area contributed by atoms with Crippen LogP contribution in [-0.2, 0) is 11.8 Å². The minimum Gasteiger partial charge on any atom is -0.358 e. The zero-order valence-corrected chi connectivity index (χ0v) is 10.4. The molecule has 0 radical (unpaired) electrons. The Morgan fingerprint density at radius 2 is 2.32 bits per heavy atom. The summed E-state index contributed by atoms with van der Waals surface area (Å²) in [7, 11) is 1.47. The Morgan fingerprint density at radius 1 is 1.58 bits per heavy atom. The number of nitro groups is 1. The van der Waals surface area contributed by atoms with Crippen molar-refractivity contribution in [1.82, 2.24) is 15.2 Å². The van der Waals surface area contributed by atoms with Gasteiger partial charge in [0.2, 0.25) is 5.91 Å². The van der Waals surface area contributed by atoms with Gasteiger partial charge in [0.1, 0.15) is 0 Å². The fraction of sp³-hybridized carbons (Fsp3) is 0.455. The zero-order valence-electron chi connectivity index (χ0n) is 10.4. The van der Waals surface area contributed by atoms with Gasteiger partial charge in [0, 0.05) is 25.1 Å². The molecule has 1 aromatic heterocycles. The molecule has 2 N–H and O–H groups in total. The molecule has 1 saturated heterocycles. The summed E-state index contributed by atoms with van der Waals surface area (Å²) < 4.78 is 1.23. The van der Waals surface area contributed by atoms with Crippen molar-refractivity contribution in [2.75, 3.05) is 6.54 Å². The average molecular weight is 266 g/mol. The molecule has 102 valence electrons. The summed E-state index contributed by atoms with van der Waals surface area (Å²) in [6, 6.07) is 2.56. The lowest BCUT2D eigenvalue weighted by molar-refractivity contribution is -0.391. The molecule has 1 aromatic rings. The van der Waals surface area contributed by atoms with E-state index in [-0.39, 0.29) is 29.4 Å². The molecule has 1 atom stereocenters. The minimum atomic E-state index is -0.544. The molecule has 1 aliphatic heterocycles. The number of rotatable bonds is 3. The van der Waals surface area contributed by atoms with E-state index >= 15 is 0 Å². The Labute approximate surface area is 108 Å². The van der Waals surface area contributed by atoms with Gasteiger partial charge in [-0.2, -0.15) is 0 Å². The van der Waals surface area contributed by atoms with Gasteiger partial charge in [0.25, 0.3) is 5.91 Å². The van der Waals surface area contributed by atoms with Crippen LogP contribution in [-0.4, -0.2) is 33.9 Å². The number of piperidine rings is 1. The summed E-state index contributed by atoms with van der Waals surface area (Å²) in [5, 5.41) is 16.1. The average Bonchev–Trinajstić information content (AvgIpc) is 2.74. The summed E-state index contributed by atoms with van der Waals surface area (Å²) in [5.41, 5.74) is 0.226. The van der Waals surface area contributed by atoms with Gasteiger partial charge in [0.15, 0.2) is 5.69 Å².